The lowest BCUT2D eigenvalue weighted by atomic mass is 10.2. The van der Waals surface area contributed by atoms with Gasteiger partial charge in [0.1, 0.15) is 0 Å². The van der Waals surface area contributed by atoms with E-state index in [0.717, 1.165) is 12.2 Å². The molecule has 1 N–H and O–H groups in total. The summed E-state index contributed by atoms with van der Waals surface area (Å²) in [6.45, 7) is 5.55. The summed E-state index contributed by atoms with van der Waals surface area (Å²) in [4.78, 5) is 16.0. The van der Waals surface area contributed by atoms with Gasteiger partial charge in [0.2, 0.25) is 0 Å². The smallest absolute Gasteiger partial charge is 0.349 e. The maximum absolute atomic E-state index is 11.2. The first-order valence-electron chi connectivity index (χ1n) is 5.11. The van der Waals surface area contributed by atoms with Gasteiger partial charge in [0, 0.05) is 6.08 Å². The van der Waals surface area contributed by atoms with Crippen molar-refractivity contribution >= 4 is 17.7 Å². The fraction of sp³-hybridized carbons (Fsp3) is 0.417. The Morgan fingerprint density at radius 3 is 2.88 bits per heavy atom. The van der Waals surface area contributed by atoms with Gasteiger partial charge in [-0.25, -0.2) is 4.79 Å². The number of hydrogen-bond acceptors (Lipinski definition) is 4. The predicted molar refractivity (Wildman–Crippen MR) is 70.2 cm³/mol. The van der Waals surface area contributed by atoms with Gasteiger partial charge in [-0.15, -0.1) is 12.1 Å². The Morgan fingerprint density at radius 2 is 2.31 bits per heavy atom. The molecule has 0 fully saturated rings. The molecular formula is C12H19NO2S. The van der Waals surface area contributed by atoms with Crippen LogP contribution in [0.5, 0.6) is 0 Å². The maximum Gasteiger partial charge on any atom is 0.349 e. The number of rotatable bonds is 8. The molecule has 0 rings (SSSR count). The van der Waals surface area contributed by atoms with Crippen molar-refractivity contribution < 1.29 is 9.63 Å². The fourth-order valence-corrected chi connectivity index (χ4v) is 1.37. The molecule has 16 heavy (non-hydrogen) atoms. The molecular weight excluding hydrogens is 222 g/mol. The summed E-state index contributed by atoms with van der Waals surface area (Å²) < 4.78 is 0. The summed E-state index contributed by atoms with van der Waals surface area (Å²) in [6.07, 6.45) is 11.3. The Balaban J connectivity index is 3.83. The van der Waals surface area contributed by atoms with Crippen molar-refractivity contribution in [1.29, 1.82) is 0 Å². The molecule has 0 bridgehead atoms. The predicted octanol–water partition coefficient (Wildman–Crippen LogP) is 2.47. The second kappa shape index (κ2) is 10.5. The van der Waals surface area contributed by atoms with E-state index in [-0.39, 0.29) is 6.04 Å². The lowest BCUT2D eigenvalue weighted by Crippen LogP contribution is -2.29. The molecule has 0 aromatic heterocycles. The van der Waals surface area contributed by atoms with Crippen LogP contribution in [0.2, 0.25) is 0 Å². The van der Waals surface area contributed by atoms with Crippen molar-refractivity contribution in [2.24, 2.45) is 0 Å². The van der Waals surface area contributed by atoms with Gasteiger partial charge in [0.05, 0.1) is 6.04 Å². The number of hydroxylamine groups is 1. The quantitative estimate of drug-likeness (QED) is 0.307. The molecule has 90 valence electrons. The Morgan fingerprint density at radius 1 is 1.56 bits per heavy atom. The van der Waals surface area contributed by atoms with Crippen LogP contribution in [0.15, 0.2) is 37.0 Å². The average Bonchev–Trinajstić information content (AvgIpc) is 2.30. The third kappa shape index (κ3) is 8.32. The lowest BCUT2D eigenvalue weighted by molar-refractivity contribution is -0.146. The van der Waals surface area contributed by atoms with E-state index in [9.17, 15) is 4.79 Å². The van der Waals surface area contributed by atoms with E-state index in [0.29, 0.717) is 0 Å². The first-order valence-corrected chi connectivity index (χ1v) is 6.51. The summed E-state index contributed by atoms with van der Waals surface area (Å²) in [5, 5.41) is 0. The van der Waals surface area contributed by atoms with Crippen molar-refractivity contribution in [1.82, 2.24) is 5.48 Å². The molecule has 0 aromatic rings. The van der Waals surface area contributed by atoms with Crippen molar-refractivity contribution in [2.75, 3.05) is 12.0 Å². The van der Waals surface area contributed by atoms with Crippen molar-refractivity contribution in [2.45, 2.75) is 19.4 Å². The lowest BCUT2D eigenvalue weighted by Gasteiger charge is -2.12. The minimum atomic E-state index is -0.408. The van der Waals surface area contributed by atoms with Gasteiger partial charge in [-0.3, -0.25) is 0 Å². The van der Waals surface area contributed by atoms with Crippen molar-refractivity contribution in [3.63, 3.8) is 0 Å². The molecule has 0 radical (unpaired) electrons. The topological polar surface area (TPSA) is 38.3 Å². The molecule has 0 aromatic carbocycles. The highest BCUT2D eigenvalue weighted by Crippen LogP contribution is 2.01. The van der Waals surface area contributed by atoms with Crippen LogP contribution in [-0.4, -0.2) is 24.0 Å². The Bertz CT molecular complexity index is 262. The number of nitrogens with one attached hydrogen (secondary N) is 1. The van der Waals surface area contributed by atoms with Crippen molar-refractivity contribution in [3.05, 3.63) is 37.0 Å². The van der Waals surface area contributed by atoms with Gasteiger partial charge in [-0.1, -0.05) is 24.3 Å². The summed E-state index contributed by atoms with van der Waals surface area (Å²) in [7, 11) is 0. The number of carbonyl (C=O) groups excluding carboxylic acids is 1. The number of hydrogen-bond donors (Lipinski definition) is 1. The van der Waals surface area contributed by atoms with Crippen LogP contribution < -0.4 is 5.48 Å². The molecule has 3 nitrogen and oxygen atoms in total. The Hall–Kier alpha value is -1.00. The zero-order chi connectivity index (χ0) is 12.2. The normalized spacial score (nSPS) is 13.1. The summed E-state index contributed by atoms with van der Waals surface area (Å²) in [5.41, 5.74) is 2.67. The molecule has 0 unspecified atom stereocenters. The van der Waals surface area contributed by atoms with Crippen LogP contribution in [0.4, 0.5) is 0 Å². The molecule has 0 amide bonds. The van der Waals surface area contributed by atoms with E-state index in [2.05, 4.69) is 12.1 Å². The first-order chi connectivity index (χ1) is 7.74. The van der Waals surface area contributed by atoms with E-state index in [1.807, 2.05) is 19.3 Å². The third-order valence-corrected chi connectivity index (χ3v) is 2.41. The van der Waals surface area contributed by atoms with Crippen LogP contribution in [-0.2, 0) is 9.63 Å². The Kier molecular flexibility index (Phi) is 9.86. The van der Waals surface area contributed by atoms with Crippen LogP contribution in [0.3, 0.4) is 0 Å². The van der Waals surface area contributed by atoms with Gasteiger partial charge in [-0.2, -0.15) is 11.8 Å². The zero-order valence-electron chi connectivity index (χ0n) is 9.81. The van der Waals surface area contributed by atoms with Crippen LogP contribution in [0, 0.1) is 0 Å². The van der Waals surface area contributed by atoms with E-state index < -0.39 is 5.97 Å². The SMILES string of the molecule is C=C[C@H](CCSC)NOC(=O)/C=C/C=C/C. The molecule has 0 heterocycles. The molecule has 0 aliphatic rings. The number of carbonyl (C=O) groups is 1. The third-order valence-electron chi connectivity index (χ3n) is 1.76. The van der Waals surface area contributed by atoms with Crippen LogP contribution in [0.25, 0.3) is 0 Å². The van der Waals surface area contributed by atoms with E-state index in [4.69, 9.17) is 4.84 Å². The summed E-state index contributed by atoms with van der Waals surface area (Å²) in [6, 6.07) is 0.00603. The number of thioether (sulfide) groups is 1. The second-order valence-electron chi connectivity index (χ2n) is 3.05. The van der Waals surface area contributed by atoms with E-state index in [1.165, 1.54) is 6.08 Å². The van der Waals surface area contributed by atoms with E-state index in [1.54, 1.807) is 30.0 Å². The van der Waals surface area contributed by atoms with Gasteiger partial charge in [0.15, 0.2) is 0 Å². The average molecular weight is 241 g/mol. The molecule has 0 saturated carbocycles. The minimum Gasteiger partial charge on any atom is -0.367 e. The highest BCUT2D eigenvalue weighted by Gasteiger charge is 2.05. The largest absolute Gasteiger partial charge is 0.367 e. The highest BCUT2D eigenvalue weighted by molar-refractivity contribution is 7.98. The first kappa shape index (κ1) is 15.0. The molecule has 0 aliphatic carbocycles. The van der Waals surface area contributed by atoms with Crippen LogP contribution >= 0.6 is 11.8 Å². The highest BCUT2D eigenvalue weighted by atomic mass is 32.2. The maximum atomic E-state index is 11.2. The molecule has 1 atom stereocenters. The zero-order valence-corrected chi connectivity index (χ0v) is 10.6. The molecule has 0 aliphatic heterocycles. The molecule has 0 spiro atoms. The van der Waals surface area contributed by atoms with Gasteiger partial charge in [-0.05, 0) is 25.4 Å². The Labute approximate surface area is 102 Å². The standard InChI is InChI=1S/C12H19NO2S/c1-4-6-7-8-12(14)15-13-11(5-2)9-10-16-3/h4-8,11,13H,2,9-10H2,1,3H3/b6-4+,8-7+/t11-/m1/s1. The molecule has 0 saturated heterocycles. The van der Waals surface area contributed by atoms with Crippen molar-refractivity contribution in [3.8, 4) is 0 Å². The van der Waals surface area contributed by atoms with Gasteiger partial charge < -0.3 is 4.84 Å². The van der Waals surface area contributed by atoms with Gasteiger partial charge in [0.25, 0.3) is 0 Å². The monoisotopic (exact) mass is 241 g/mol. The minimum absolute atomic E-state index is 0.00603. The van der Waals surface area contributed by atoms with Gasteiger partial charge >= 0.3 is 5.97 Å². The fourth-order valence-electron chi connectivity index (χ4n) is 0.883. The molecule has 4 heteroatoms. The van der Waals surface area contributed by atoms with Crippen LogP contribution in [0.1, 0.15) is 13.3 Å². The summed E-state index contributed by atoms with van der Waals surface area (Å²) >= 11 is 1.75. The van der Waals surface area contributed by atoms with E-state index >= 15 is 0 Å². The summed E-state index contributed by atoms with van der Waals surface area (Å²) in [5.74, 6) is 0.587. The second-order valence-corrected chi connectivity index (χ2v) is 4.03. The number of allylic oxidation sites excluding steroid dienone is 3.